The van der Waals surface area contributed by atoms with E-state index in [0.717, 1.165) is 13.1 Å². The van der Waals surface area contributed by atoms with Crippen LogP contribution in [0.3, 0.4) is 0 Å². The van der Waals surface area contributed by atoms with Crippen LogP contribution in [0.5, 0.6) is 0 Å². The number of hydrogen-bond donors (Lipinski definition) is 1. The third-order valence-corrected chi connectivity index (χ3v) is 1.32. The zero-order valence-corrected chi connectivity index (χ0v) is 7.35. The minimum Gasteiger partial charge on any atom is -0.334 e. The van der Waals surface area contributed by atoms with E-state index in [4.69, 9.17) is 0 Å². The Morgan fingerprint density at radius 2 is 1.78 bits per heavy atom. The summed E-state index contributed by atoms with van der Waals surface area (Å²) in [6.45, 7) is 5.35. The van der Waals surface area contributed by atoms with Crippen LogP contribution < -0.4 is 0 Å². The fraction of sp³-hybridized carbons (Fsp3) is 0.800. The second-order valence-corrected chi connectivity index (χ2v) is 1.84. The molecule has 0 N–H and O–H groups in total. The maximum absolute atomic E-state index is 10.4. The van der Waals surface area contributed by atoms with Gasteiger partial charge in [-0.2, -0.15) is 0 Å². The fourth-order valence-corrected chi connectivity index (χ4v) is 0.777. The van der Waals surface area contributed by atoms with Gasteiger partial charge >= 0.3 is 0 Å². The van der Waals surface area contributed by atoms with E-state index in [2.05, 4.69) is 12.6 Å². The largest absolute Gasteiger partial charge is 0.334 e. The molecule has 0 aliphatic heterocycles. The monoisotopic (exact) mass is 196 g/mol. The Morgan fingerprint density at radius 3 is 1.78 bits per heavy atom. The van der Waals surface area contributed by atoms with Crippen molar-refractivity contribution in [3.63, 3.8) is 0 Å². The molecule has 0 spiro atoms. The zero-order valence-electron chi connectivity index (χ0n) is 5.52. The van der Waals surface area contributed by atoms with Crippen LogP contribution in [0.2, 0.25) is 0 Å². The molecule has 0 atom stereocenters. The van der Waals surface area contributed by atoms with Crippen molar-refractivity contribution >= 4 is 17.9 Å². The van der Waals surface area contributed by atoms with Crippen molar-refractivity contribution < 1.29 is 21.9 Å². The molecule has 4 heteroatoms. The number of carbonyl (C=O) groups excluding carboxylic acids is 1. The van der Waals surface area contributed by atoms with Gasteiger partial charge in [0.25, 0.3) is 5.24 Å². The Hall–Kier alpha value is 0.339. The van der Waals surface area contributed by atoms with Gasteiger partial charge in [-0.15, -0.1) is 0 Å². The summed E-state index contributed by atoms with van der Waals surface area (Å²) in [6.07, 6.45) is 0. The van der Waals surface area contributed by atoms with Crippen LogP contribution in [-0.4, -0.2) is 23.2 Å². The number of nitrogens with zero attached hydrogens (tertiary/aromatic N) is 1. The third-order valence-electron chi connectivity index (χ3n) is 1.03. The molecule has 0 unspecified atom stereocenters. The van der Waals surface area contributed by atoms with Crippen LogP contribution in [0.4, 0.5) is 4.79 Å². The van der Waals surface area contributed by atoms with Gasteiger partial charge in [0.05, 0.1) is 0 Å². The molecule has 0 saturated heterocycles. The predicted molar refractivity (Wildman–Crippen MR) is 37.3 cm³/mol. The van der Waals surface area contributed by atoms with Crippen LogP contribution >= 0.6 is 12.6 Å². The number of rotatable bonds is 2. The molecule has 1 radical (unpaired) electrons. The van der Waals surface area contributed by atoms with Crippen LogP contribution in [-0.2, 0) is 17.1 Å². The molecule has 0 saturated carbocycles. The van der Waals surface area contributed by atoms with E-state index in [0.29, 0.717) is 0 Å². The van der Waals surface area contributed by atoms with Crippen LogP contribution in [0.15, 0.2) is 0 Å². The Balaban J connectivity index is 0. The van der Waals surface area contributed by atoms with E-state index < -0.39 is 0 Å². The first-order chi connectivity index (χ1) is 3.72. The van der Waals surface area contributed by atoms with Crippen molar-refractivity contribution in [2.75, 3.05) is 13.1 Å². The molecule has 0 bridgehead atoms. The molecule has 0 aromatic carbocycles. The Labute approximate surface area is 71.9 Å². The second kappa shape index (κ2) is 6.46. The third kappa shape index (κ3) is 4.82. The summed E-state index contributed by atoms with van der Waals surface area (Å²) in [5, 5.41) is -0.144. The summed E-state index contributed by atoms with van der Waals surface area (Å²) < 4.78 is 0. The fourth-order valence-electron chi connectivity index (χ4n) is 0.494. The topological polar surface area (TPSA) is 20.3 Å². The molecule has 9 heavy (non-hydrogen) atoms. The van der Waals surface area contributed by atoms with Crippen LogP contribution in [0.1, 0.15) is 13.8 Å². The van der Waals surface area contributed by atoms with E-state index in [-0.39, 0.29) is 22.3 Å². The van der Waals surface area contributed by atoms with Crippen LogP contribution in [0, 0.1) is 0 Å². The number of carbonyl (C=O) groups is 1. The quantitative estimate of drug-likeness (QED) is 0.523. The van der Waals surface area contributed by atoms with E-state index in [1.165, 1.54) is 0 Å². The maximum Gasteiger partial charge on any atom is 0.278 e. The minimum absolute atomic E-state index is 0. The standard InChI is InChI=1S/C5H11NOS.Cu/c1-3-6(4-2)5(7)8;/h3-4H2,1-2H3,(H,7,8);. The Kier molecular flexibility index (Phi) is 8.65. The van der Waals surface area contributed by atoms with Crippen molar-refractivity contribution in [3.05, 3.63) is 0 Å². The summed E-state index contributed by atoms with van der Waals surface area (Å²) in [5.74, 6) is 0. The average Bonchev–Trinajstić information content (AvgIpc) is 1.69. The molecule has 2 nitrogen and oxygen atoms in total. The van der Waals surface area contributed by atoms with Crippen molar-refractivity contribution in [1.29, 1.82) is 0 Å². The molecule has 0 rings (SSSR count). The molecule has 1 amide bonds. The van der Waals surface area contributed by atoms with E-state index >= 15 is 0 Å². The van der Waals surface area contributed by atoms with Gasteiger partial charge in [-0.1, -0.05) is 12.6 Å². The molecule has 0 aliphatic rings. The Morgan fingerprint density at radius 1 is 1.44 bits per heavy atom. The SMILES string of the molecule is CCN(CC)C(=O)S.[Cu]. The zero-order chi connectivity index (χ0) is 6.57. The van der Waals surface area contributed by atoms with Gasteiger partial charge in [0, 0.05) is 30.2 Å². The molecule has 0 heterocycles. The van der Waals surface area contributed by atoms with Crippen molar-refractivity contribution in [1.82, 2.24) is 4.90 Å². The van der Waals surface area contributed by atoms with Crippen molar-refractivity contribution in [2.24, 2.45) is 0 Å². The molecule has 0 fully saturated rings. The van der Waals surface area contributed by atoms with Gasteiger partial charge in [-0.25, -0.2) is 0 Å². The number of hydrogen-bond acceptors (Lipinski definition) is 1. The normalized spacial score (nSPS) is 7.89. The predicted octanol–water partition coefficient (Wildman–Crippen LogP) is 1.38. The van der Waals surface area contributed by atoms with Crippen molar-refractivity contribution in [3.8, 4) is 0 Å². The summed E-state index contributed by atoms with van der Waals surface area (Å²) >= 11 is 3.64. The summed E-state index contributed by atoms with van der Waals surface area (Å²) in [7, 11) is 0. The Bertz CT molecular complexity index is 85.0. The first-order valence-corrected chi connectivity index (χ1v) is 3.15. The first-order valence-electron chi connectivity index (χ1n) is 2.70. The van der Waals surface area contributed by atoms with Crippen molar-refractivity contribution in [2.45, 2.75) is 13.8 Å². The van der Waals surface area contributed by atoms with Gasteiger partial charge in [-0.05, 0) is 13.8 Å². The van der Waals surface area contributed by atoms with E-state index in [1.54, 1.807) is 4.90 Å². The second-order valence-electron chi connectivity index (χ2n) is 1.45. The molecule has 0 aliphatic carbocycles. The molecule has 0 aromatic heterocycles. The molecular weight excluding hydrogens is 186 g/mol. The molecule has 0 aromatic rings. The van der Waals surface area contributed by atoms with E-state index in [9.17, 15) is 4.79 Å². The van der Waals surface area contributed by atoms with Gasteiger partial charge in [0.1, 0.15) is 0 Å². The van der Waals surface area contributed by atoms with Gasteiger partial charge in [0.2, 0.25) is 0 Å². The maximum atomic E-state index is 10.4. The summed E-state index contributed by atoms with van der Waals surface area (Å²) in [4.78, 5) is 12.0. The summed E-state index contributed by atoms with van der Waals surface area (Å²) in [6, 6.07) is 0. The van der Waals surface area contributed by atoms with Gasteiger partial charge < -0.3 is 4.90 Å². The number of amides is 1. The first kappa shape index (κ1) is 12.1. The minimum atomic E-state index is -0.144. The smallest absolute Gasteiger partial charge is 0.278 e. The van der Waals surface area contributed by atoms with E-state index in [1.807, 2.05) is 13.8 Å². The van der Waals surface area contributed by atoms with Gasteiger partial charge in [-0.3, -0.25) is 4.79 Å². The van der Waals surface area contributed by atoms with Crippen LogP contribution in [0.25, 0.3) is 0 Å². The summed E-state index contributed by atoms with van der Waals surface area (Å²) in [5.41, 5.74) is 0. The van der Waals surface area contributed by atoms with Gasteiger partial charge in [0.15, 0.2) is 0 Å². The number of thiol groups is 1. The average molecular weight is 197 g/mol. The molecule has 59 valence electrons. The molecular formula is C5H11CuNOS.